The Morgan fingerprint density at radius 1 is 0.967 bits per heavy atom. The monoisotopic (exact) mass is 442 g/mol. The smallest absolute Gasteiger partial charge is 0.239 e. The normalized spacial score (nSPS) is 24.8. The van der Waals surface area contributed by atoms with E-state index >= 15 is 0 Å². The van der Waals surface area contributed by atoms with Crippen molar-refractivity contribution in [3.05, 3.63) is 0 Å². The van der Waals surface area contributed by atoms with Gasteiger partial charge in [0.25, 0.3) is 0 Å². The highest BCUT2D eigenvalue weighted by atomic mass is 32.2. The van der Waals surface area contributed by atoms with Gasteiger partial charge in [0.05, 0.1) is 24.1 Å². The average molecular weight is 443 g/mol. The lowest BCUT2D eigenvalue weighted by Crippen LogP contribution is -2.57. The Morgan fingerprint density at radius 3 is 2.20 bits per heavy atom. The molecule has 30 heavy (non-hydrogen) atoms. The number of hydrogen-bond donors (Lipinski definition) is 1. The standard InChI is InChI=1S/C20H38N6O3S/c1-3-21-20(22-6-9-23-14-16-30(28,29)17-15-23)26-12-10-24(11-13-26)18(2)19(27)25-7-4-5-8-25/h18H,3-17H2,1-2H3,(H,21,22). The molecule has 0 bridgehead atoms. The second kappa shape index (κ2) is 10.8. The summed E-state index contributed by atoms with van der Waals surface area (Å²) < 4.78 is 23.1. The van der Waals surface area contributed by atoms with Crippen LogP contribution in [0.25, 0.3) is 0 Å². The summed E-state index contributed by atoms with van der Waals surface area (Å²) in [5.41, 5.74) is 0. The maximum absolute atomic E-state index is 12.7. The molecule has 3 aliphatic heterocycles. The number of carbonyl (C=O) groups excluding carboxylic acids is 1. The van der Waals surface area contributed by atoms with Crippen LogP contribution in [-0.4, -0.2) is 129 Å². The van der Waals surface area contributed by atoms with E-state index in [9.17, 15) is 13.2 Å². The minimum absolute atomic E-state index is 0.0554. The molecule has 3 aliphatic rings. The van der Waals surface area contributed by atoms with Gasteiger partial charge in [0.15, 0.2) is 15.8 Å². The quantitative estimate of drug-likeness (QED) is 0.430. The van der Waals surface area contributed by atoms with E-state index in [0.29, 0.717) is 19.6 Å². The summed E-state index contributed by atoms with van der Waals surface area (Å²) >= 11 is 0. The van der Waals surface area contributed by atoms with Crippen LogP contribution in [-0.2, 0) is 14.6 Å². The lowest BCUT2D eigenvalue weighted by Gasteiger charge is -2.39. The number of aliphatic imine (C=N–C) groups is 1. The Morgan fingerprint density at radius 2 is 1.60 bits per heavy atom. The minimum Gasteiger partial charge on any atom is -0.357 e. The van der Waals surface area contributed by atoms with Crippen LogP contribution in [0.15, 0.2) is 4.99 Å². The molecule has 9 nitrogen and oxygen atoms in total. The van der Waals surface area contributed by atoms with E-state index in [1.807, 2.05) is 11.8 Å². The molecule has 0 saturated carbocycles. The number of guanidine groups is 1. The van der Waals surface area contributed by atoms with Crippen LogP contribution in [0.5, 0.6) is 0 Å². The molecule has 0 radical (unpaired) electrons. The first kappa shape index (κ1) is 23.3. The van der Waals surface area contributed by atoms with Gasteiger partial charge >= 0.3 is 0 Å². The predicted molar refractivity (Wildman–Crippen MR) is 119 cm³/mol. The van der Waals surface area contributed by atoms with Crippen molar-refractivity contribution in [3.63, 3.8) is 0 Å². The fraction of sp³-hybridized carbons (Fsp3) is 0.900. The lowest BCUT2D eigenvalue weighted by atomic mass is 10.2. The molecule has 3 saturated heterocycles. The summed E-state index contributed by atoms with van der Waals surface area (Å²) in [6.07, 6.45) is 2.25. The largest absolute Gasteiger partial charge is 0.357 e. The van der Waals surface area contributed by atoms with Gasteiger partial charge in [-0.3, -0.25) is 19.6 Å². The maximum atomic E-state index is 12.7. The van der Waals surface area contributed by atoms with Gasteiger partial charge in [0, 0.05) is 65.4 Å². The van der Waals surface area contributed by atoms with Crippen LogP contribution in [0.3, 0.4) is 0 Å². The van der Waals surface area contributed by atoms with Crippen molar-refractivity contribution in [1.29, 1.82) is 0 Å². The molecule has 0 aromatic rings. The zero-order valence-electron chi connectivity index (χ0n) is 18.6. The molecular formula is C20H38N6O3S. The second-order valence-electron chi connectivity index (χ2n) is 8.46. The van der Waals surface area contributed by atoms with Gasteiger partial charge in [0.2, 0.25) is 5.91 Å². The fourth-order valence-electron chi connectivity index (χ4n) is 4.38. The lowest BCUT2D eigenvalue weighted by molar-refractivity contribution is -0.135. The van der Waals surface area contributed by atoms with Gasteiger partial charge in [-0.15, -0.1) is 0 Å². The van der Waals surface area contributed by atoms with E-state index in [1.165, 1.54) is 0 Å². The highest BCUT2D eigenvalue weighted by molar-refractivity contribution is 7.91. The van der Waals surface area contributed by atoms with E-state index in [0.717, 1.165) is 71.2 Å². The summed E-state index contributed by atoms with van der Waals surface area (Å²) in [4.78, 5) is 26.2. The first-order valence-corrected chi connectivity index (χ1v) is 13.2. The fourth-order valence-corrected chi connectivity index (χ4v) is 5.65. The van der Waals surface area contributed by atoms with Gasteiger partial charge in [0.1, 0.15) is 0 Å². The molecule has 3 fully saturated rings. The minimum atomic E-state index is -2.84. The van der Waals surface area contributed by atoms with Crippen LogP contribution in [0.2, 0.25) is 0 Å². The summed E-state index contributed by atoms with van der Waals surface area (Å²) in [5.74, 6) is 1.70. The third kappa shape index (κ3) is 6.31. The Kier molecular flexibility index (Phi) is 8.35. The van der Waals surface area contributed by atoms with Crippen LogP contribution >= 0.6 is 0 Å². The van der Waals surface area contributed by atoms with Crippen LogP contribution in [0, 0.1) is 0 Å². The van der Waals surface area contributed by atoms with E-state index in [1.54, 1.807) is 0 Å². The molecule has 10 heteroatoms. The molecule has 0 aliphatic carbocycles. The van der Waals surface area contributed by atoms with E-state index < -0.39 is 9.84 Å². The van der Waals surface area contributed by atoms with Crippen molar-refractivity contribution < 1.29 is 13.2 Å². The number of amides is 1. The third-order valence-corrected chi connectivity index (χ3v) is 8.00. The average Bonchev–Trinajstić information content (AvgIpc) is 3.28. The van der Waals surface area contributed by atoms with Gasteiger partial charge in [-0.1, -0.05) is 0 Å². The summed E-state index contributed by atoms with van der Waals surface area (Å²) in [6, 6.07) is -0.0554. The summed E-state index contributed by atoms with van der Waals surface area (Å²) in [7, 11) is -2.84. The van der Waals surface area contributed by atoms with Crippen molar-refractivity contribution in [2.45, 2.75) is 32.7 Å². The van der Waals surface area contributed by atoms with Gasteiger partial charge in [-0.05, 0) is 26.7 Å². The molecule has 0 aromatic carbocycles. The highest BCUT2D eigenvalue weighted by Gasteiger charge is 2.30. The molecule has 1 amide bonds. The molecule has 0 spiro atoms. The zero-order chi connectivity index (χ0) is 21.6. The Balaban J connectivity index is 1.46. The van der Waals surface area contributed by atoms with Gasteiger partial charge < -0.3 is 15.1 Å². The number of rotatable bonds is 6. The van der Waals surface area contributed by atoms with Crippen LogP contribution in [0.1, 0.15) is 26.7 Å². The number of carbonyl (C=O) groups is 1. The highest BCUT2D eigenvalue weighted by Crippen LogP contribution is 2.14. The molecule has 3 rings (SSSR count). The molecule has 1 atom stereocenters. The SMILES string of the molecule is CCNC(=NCCN1CCS(=O)(=O)CC1)N1CCN(C(C)C(=O)N2CCCC2)CC1. The van der Waals surface area contributed by atoms with E-state index in [-0.39, 0.29) is 23.5 Å². The maximum Gasteiger partial charge on any atom is 0.239 e. The van der Waals surface area contributed by atoms with Crippen molar-refractivity contribution in [2.75, 3.05) is 83.5 Å². The number of sulfone groups is 1. The third-order valence-electron chi connectivity index (χ3n) is 6.39. The Hall–Kier alpha value is -1.39. The van der Waals surface area contributed by atoms with Crippen molar-refractivity contribution in [2.24, 2.45) is 4.99 Å². The van der Waals surface area contributed by atoms with Crippen LogP contribution in [0.4, 0.5) is 0 Å². The van der Waals surface area contributed by atoms with E-state index in [2.05, 4.69) is 26.9 Å². The number of piperazine rings is 1. The van der Waals surface area contributed by atoms with Crippen LogP contribution < -0.4 is 5.32 Å². The summed E-state index contributed by atoms with van der Waals surface area (Å²) in [6.45, 7) is 12.8. The van der Waals surface area contributed by atoms with Crippen molar-refractivity contribution >= 4 is 21.7 Å². The van der Waals surface area contributed by atoms with E-state index in [4.69, 9.17) is 4.99 Å². The number of nitrogens with one attached hydrogen (secondary N) is 1. The molecule has 0 aromatic heterocycles. The van der Waals surface area contributed by atoms with Gasteiger partial charge in [-0.2, -0.15) is 0 Å². The first-order valence-electron chi connectivity index (χ1n) is 11.4. The molecular weight excluding hydrogens is 404 g/mol. The zero-order valence-corrected chi connectivity index (χ0v) is 19.4. The van der Waals surface area contributed by atoms with Crippen molar-refractivity contribution in [3.8, 4) is 0 Å². The molecule has 1 unspecified atom stereocenters. The number of hydrogen-bond acceptors (Lipinski definition) is 6. The molecule has 172 valence electrons. The number of likely N-dealkylation sites (tertiary alicyclic amines) is 1. The first-order chi connectivity index (χ1) is 14.4. The van der Waals surface area contributed by atoms with Gasteiger partial charge in [-0.25, -0.2) is 8.42 Å². The topological polar surface area (TPSA) is 88.6 Å². The second-order valence-corrected chi connectivity index (χ2v) is 10.8. The van der Waals surface area contributed by atoms with Crippen molar-refractivity contribution in [1.82, 2.24) is 24.9 Å². The summed E-state index contributed by atoms with van der Waals surface area (Å²) in [5, 5.41) is 3.38. The molecule has 1 N–H and O–H groups in total. The number of nitrogens with zero attached hydrogens (tertiary/aromatic N) is 5. The predicted octanol–water partition coefficient (Wildman–Crippen LogP) is -0.689. The Labute approximate surface area is 181 Å². The Bertz CT molecular complexity index is 685. The molecule has 3 heterocycles.